The first-order valence-electron chi connectivity index (χ1n) is 5.17. The van der Waals surface area contributed by atoms with E-state index in [9.17, 15) is 8.42 Å². The maximum absolute atomic E-state index is 12.0. The van der Waals surface area contributed by atoms with E-state index in [1.165, 1.54) is 4.31 Å². The van der Waals surface area contributed by atoms with E-state index >= 15 is 0 Å². The fraction of sp³-hybridized carbons (Fsp3) is 1.00. The van der Waals surface area contributed by atoms with Gasteiger partial charge in [0.1, 0.15) is 0 Å². The summed E-state index contributed by atoms with van der Waals surface area (Å²) in [6.45, 7) is 3.24. The lowest BCUT2D eigenvalue weighted by molar-refractivity contribution is 0.315. The first-order valence-corrected chi connectivity index (χ1v) is 6.57. The van der Waals surface area contributed by atoms with Gasteiger partial charge in [-0.2, -0.15) is 17.0 Å². The molecule has 2 saturated heterocycles. The van der Waals surface area contributed by atoms with Gasteiger partial charge in [0.15, 0.2) is 0 Å². The molecule has 5 nitrogen and oxygen atoms in total. The van der Waals surface area contributed by atoms with Crippen LogP contribution < -0.4 is 5.32 Å². The molecule has 0 unspecified atom stereocenters. The van der Waals surface area contributed by atoms with E-state index in [-0.39, 0.29) is 0 Å². The highest BCUT2D eigenvalue weighted by Crippen LogP contribution is 2.16. The highest BCUT2D eigenvalue weighted by atomic mass is 32.2. The number of hydrogen-bond acceptors (Lipinski definition) is 3. The Hall–Kier alpha value is -0.170. The van der Waals surface area contributed by atoms with E-state index in [1.807, 2.05) is 0 Å². The van der Waals surface area contributed by atoms with Gasteiger partial charge in [0.25, 0.3) is 10.2 Å². The molecule has 0 amide bonds. The molecule has 2 heterocycles. The van der Waals surface area contributed by atoms with Crippen molar-refractivity contribution in [1.29, 1.82) is 0 Å². The van der Waals surface area contributed by atoms with Crippen LogP contribution in [0.4, 0.5) is 0 Å². The molecule has 2 rings (SSSR count). The van der Waals surface area contributed by atoms with Crippen molar-refractivity contribution in [3.8, 4) is 0 Å². The van der Waals surface area contributed by atoms with Gasteiger partial charge in [-0.1, -0.05) is 6.42 Å². The van der Waals surface area contributed by atoms with Crippen LogP contribution in [0.3, 0.4) is 0 Å². The highest BCUT2D eigenvalue weighted by Gasteiger charge is 2.31. The van der Waals surface area contributed by atoms with Gasteiger partial charge in [0, 0.05) is 26.2 Å². The number of hydrogen-bond donors (Lipinski definition) is 1. The van der Waals surface area contributed by atoms with Crippen LogP contribution in [0.5, 0.6) is 0 Å². The average Bonchev–Trinajstić information content (AvgIpc) is 2.72. The van der Waals surface area contributed by atoms with Crippen molar-refractivity contribution < 1.29 is 8.42 Å². The lowest BCUT2D eigenvalue weighted by Crippen LogP contribution is -2.45. The van der Waals surface area contributed by atoms with Crippen LogP contribution >= 0.6 is 0 Å². The van der Waals surface area contributed by atoms with Crippen molar-refractivity contribution in [3.05, 3.63) is 0 Å². The second kappa shape index (κ2) is 4.14. The van der Waals surface area contributed by atoms with Crippen LogP contribution in [0.2, 0.25) is 0 Å². The molecule has 6 heteroatoms. The van der Waals surface area contributed by atoms with Crippen molar-refractivity contribution in [2.45, 2.75) is 19.3 Å². The molecule has 0 atom stereocenters. The fourth-order valence-corrected chi connectivity index (χ4v) is 3.57. The zero-order chi connectivity index (χ0) is 10.0. The second-order valence-electron chi connectivity index (χ2n) is 3.80. The number of piperidine rings is 1. The molecule has 14 heavy (non-hydrogen) atoms. The Morgan fingerprint density at radius 3 is 2.21 bits per heavy atom. The van der Waals surface area contributed by atoms with Crippen molar-refractivity contribution in [2.75, 3.05) is 32.8 Å². The summed E-state index contributed by atoms with van der Waals surface area (Å²) in [6, 6.07) is 0. The standard InChI is InChI=1S/C8H17N3O2S/c12-14(13,11-7-4-9-8-11)10-5-2-1-3-6-10/h9H,1-8H2. The molecular weight excluding hydrogens is 202 g/mol. The van der Waals surface area contributed by atoms with Gasteiger partial charge < -0.3 is 5.32 Å². The topological polar surface area (TPSA) is 52.7 Å². The summed E-state index contributed by atoms with van der Waals surface area (Å²) < 4.78 is 27.1. The SMILES string of the molecule is O=S(=O)(N1CCCCC1)N1CCNC1. The molecule has 2 aliphatic heterocycles. The minimum atomic E-state index is -3.16. The minimum absolute atomic E-state index is 0.471. The van der Waals surface area contributed by atoms with Crippen LogP contribution in [0.25, 0.3) is 0 Å². The van der Waals surface area contributed by atoms with Gasteiger partial charge in [-0.3, -0.25) is 0 Å². The lowest BCUT2D eigenvalue weighted by atomic mass is 10.2. The highest BCUT2D eigenvalue weighted by molar-refractivity contribution is 7.86. The second-order valence-corrected chi connectivity index (χ2v) is 5.73. The number of nitrogens with zero attached hydrogens (tertiary/aromatic N) is 2. The molecular formula is C8H17N3O2S. The minimum Gasteiger partial charge on any atom is -0.302 e. The Labute approximate surface area is 85.2 Å². The third kappa shape index (κ3) is 1.93. The van der Waals surface area contributed by atoms with Gasteiger partial charge in [-0.05, 0) is 12.8 Å². The molecule has 0 aromatic carbocycles. The molecule has 0 radical (unpaired) electrons. The largest absolute Gasteiger partial charge is 0.302 e. The maximum Gasteiger partial charge on any atom is 0.283 e. The van der Waals surface area contributed by atoms with E-state index in [0.29, 0.717) is 26.3 Å². The normalized spacial score (nSPS) is 26.9. The van der Waals surface area contributed by atoms with Crippen LogP contribution in [0, 0.1) is 0 Å². The third-order valence-corrected chi connectivity index (χ3v) is 4.78. The van der Waals surface area contributed by atoms with Gasteiger partial charge in [-0.15, -0.1) is 0 Å². The maximum atomic E-state index is 12.0. The summed E-state index contributed by atoms with van der Waals surface area (Å²) in [6.07, 6.45) is 3.16. The van der Waals surface area contributed by atoms with Crippen molar-refractivity contribution in [1.82, 2.24) is 13.9 Å². The molecule has 1 N–H and O–H groups in total. The molecule has 82 valence electrons. The van der Waals surface area contributed by atoms with E-state index in [4.69, 9.17) is 0 Å². The van der Waals surface area contributed by atoms with Crippen LogP contribution in [-0.2, 0) is 10.2 Å². The Bertz CT molecular complexity index is 279. The van der Waals surface area contributed by atoms with Crippen LogP contribution in [-0.4, -0.2) is 49.9 Å². The zero-order valence-corrected chi connectivity index (χ0v) is 9.09. The lowest BCUT2D eigenvalue weighted by Gasteiger charge is -2.29. The molecule has 0 spiro atoms. The smallest absolute Gasteiger partial charge is 0.283 e. The molecule has 0 aliphatic carbocycles. The van der Waals surface area contributed by atoms with Gasteiger partial charge >= 0.3 is 0 Å². The van der Waals surface area contributed by atoms with E-state index < -0.39 is 10.2 Å². The summed E-state index contributed by atoms with van der Waals surface area (Å²) in [5, 5.41) is 3.04. The van der Waals surface area contributed by atoms with Crippen molar-refractivity contribution >= 4 is 10.2 Å². The van der Waals surface area contributed by atoms with E-state index in [1.54, 1.807) is 4.31 Å². The van der Waals surface area contributed by atoms with Gasteiger partial charge in [-0.25, -0.2) is 0 Å². The quantitative estimate of drug-likeness (QED) is 0.686. The van der Waals surface area contributed by atoms with Gasteiger partial charge in [0.05, 0.1) is 6.67 Å². The van der Waals surface area contributed by atoms with Gasteiger partial charge in [0.2, 0.25) is 0 Å². The first kappa shape index (κ1) is 10.4. The Kier molecular flexibility index (Phi) is 3.06. The molecule has 0 aromatic rings. The van der Waals surface area contributed by atoms with E-state index in [2.05, 4.69) is 5.32 Å². The average molecular weight is 219 g/mol. The fourth-order valence-electron chi connectivity index (χ4n) is 1.94. The Morgan fingerprint density at radius 1 is 0.929 bits per heavy atom. The summed E-state index contributed by atoms with van der Waals surface area (Å²) in [5.74, 6) is 0. The summed E-state index contributed by atoms with van der Waals surface area (Å²) in [4.78, 5) is 0. The summed E-state index contributed by atoms with van der Waals surface area (Å²) >= 11 is 0. The Balaban J connectivity index is 2.05. The third-order valence-electron chi connectivity index (χ3n) is 2.79. The number of rotatable bonds is 2. The Morgan fingerprint density at radius 2 is 1.64 bits per heavy atom. The molecule has 0 aromatic heterocycles. The molecule has 0 bridgehead atoms. The predicted molar refractivity (Wildman–Crippen MR) is 53.9 cm³/mol. The monoisotopic (exact) mass is 219 g/mol. The van der Waals surface area contributed by atoms with E-state index in [0.717, 1.165) is 25.8 Å². The summed E-state index contributed by atoms with van der Waals surface area (Å²) in [7, 11) is -3.16. The van der Waals surface area contributed by atoms with Crippen molar-refractivity contribution in [2.24, 2.45) is 0 Å². The van der Waals surface area contributed by atoms with Crippen LogP contribution in [0.15, 0.2) is 0 Å². The van der Waals surface area contributed by atoms with Crippen LogP contribution in [0.1, 0.15) is 19.3 Å². The van der Waals surface area contributed by atoms with Crippen molar-refractivity contribution in [3.63, 3.8) is 0 Å². The number of nitrogens with one attached hydrogen (secondary N) is 1. The molecule has 2 aliphatic rings. The zero-order valence-electron chi connectivity index (χ0n) is 8.28. The summed E-state index contributed by atoms with van der Waals surface area (Å²) in [5.41, 5.74) is 0. The molecule has 2 fully saturated rings. The molecule has 0 saturated carbocycles. The first-order chi connectivity index (χ1) is 6.71. The predicted octanol–water partition coefficient (Wildman–Crippen LogP) is -0.420.